The maximum atomic E-state index is 13.0. The second-order valence-electron chi connectivity index (χ2n) is 8.06. The Labute approximate surface area is 203 Å². The zero-order valence-corrected chi connectivity index (χ0v) is 20.3. The summed E-state index contributed by atoms with van der Waals surface area (Å²) in [5, 5.41) is 0. The molecule has 11 heteroatoms. The molecule has 0 radical (unpaired) electrons. The molecule has 2 aliphatic rings. The van der Waals surface area contributed by atoms with Crippen molar-refractivity contribution in [1.82, 2.24) is 4.90 Å². The number of carbonyl (C=O) groups excluding carboxylic acids is 3. The van der Waals surface area contributed by atoms with E-state index >= 15 is 0 Å². The standard InChI is InChI=1S/C24H27NO9S/c1-5-11-31-23(27)21-18(17-9-7-16(8-10-17)14-33-35(4,29)30)13-19-20(22(26)25(19)21)15(3)34-24(28)32-12-6-2/h5-10,15,19-20H,1-2,11-14H2,3-4H3/t15-,19-,20-/m1/s1. The molecule has 188 valence electrons. The number of hydrogen-bond donors (Lipinski definition) is 0. The number of β-lactam (4-membered cyclic amide) rings is 1. The van der Waals surface area contributed by atoms with Gasteiger partial charge in [-0.2, -0.15) is 8.42 Å². The van der Waals surface area contributed by atoms with Crippen LogP contribution in [-0.4, -0.2) is 63.0 Å². The summed E-state index contributed by atoms with van der Waals surface area (Å²) >= 11 is 0. The van der Waals surface area contributed by atoms with Crippen LogP contribution in [0.1, 0.15) is 24.5 Å². The average molecular weight is 506 g/mol. The fraction of sp³-hybridized carbons (Fsp3) is 0.375. The van der Waals surface area contributed by atoms with Crippen LogP contribution in [0.3, 0.4) is 0 Å². The molecule has 2 heterocycles. The van der Waals surface area contributed by atoms with Crippen LogP contribution in [0.4, 0.5) is 4.79 Å². The van der Waals surface area contributed by atoms with Crippen molar-refractivity contribution in [1.29, 1.82) is 0 Å². The molecule has 1 aromatic carbocycles. The molecule has 0 saturated carbocycles. The first kappa shape index (κ1) is 26.2. The second kappa shape index (κ2) is 10.9. The summed E-state index contributed by atoms with van der Waals surface area (Å²) in [6.07, 6.45) is 2.44. The van der Waals surface area contributed by atoms with Gasteiger partial charge in [-0.25, -0.2) is 9.59 Å². The van der Waals surface area contributed by atoms with Gasteiger partial charge in [-0.1, -0.05) is 49.6 Å². The van der Waals surface area contributed by atoms with Gasteiger partial charge in [0.2, 0.25) is 5.91 Å². The Morgan fingerprint density at radius 1 is 1.14 bits per heavy atom. The van der Waals surface area contributed by atoms with Gasteiger partial charge in [-0.05, 0) is 30.0 Å². The molecular formula is C24H27NO9S. The first-order chi connectivity index (χ1) is 16.6. The summed E-state index contributed by atoms with van der Waals surface area (Å²) in [4.78, 5) is 39.1. The molecule has 10 nitrogen and oxygen atoms in total. The van der Waals surface area contributed by atoms with Gasteiger partial charge in [-0.15, -0.1) is 0 Å². The third kappa shape index (κ3) is 5.98. The van der Waals surface area contributed by atoms with E-state index < -0.39 is 40.3 Å². The molecule has 35 heavy (non-hydrogen) atoms. The van der Waals surface area contributed by atoms with Crippen LogP contribution in [0, 0.1) is 5.92 Å². The summed E-state index contributed by atoms with van der Waals surface area (Å²) in [5.41, 5.74) is 2.00. The third-order valence-corrected chi connectivity index (χ3v) is 6.13. The largest absolute Gasteiger partial charge is 0.508 e. The van der Waals surface area contributed by atoms with Crippen molar-refractivity contribution < 1.29 is 41.2 Å². The van der Waals surface area contributed by atoms with Crippen LogP contribution in [0.15, 0.2) is 55.3 Å². The number of benzene rings is 1. The van der Waals surface area contributed by atoms with Crippen LogP contribution in [0.2, 0.25) is 0 Å². The molecule has 2 aliphatic heterocycles. The number of rotatable bonds is 11. The van der Waals surface area contributed by atoms with Gasteiger partial charge in [0, 0.05) is 0 Å². The normalized spacial score (nSPS) is 19.9. The van der Waals surface area contributed by atoms with E-state index in [0.717, 1.165) is 6.26 Å². The maximum Gasteiger partial charge on any atom is 0.508 e. The van der Waals surface area contributed by atoms with Crippen molar-refractivity contribution >= 4 is 33.7 Å². The fourth-order valence-electron chi connectivity index (χ4n) is 4.07. The number of carbonyl (C=O) groups is 3. The second-order valence-corrected chi connectivity index (χ2v) is 9.70. The van der Waals surface area contributed by atoms with Gasteiger partial charge in [0.1, 0.15) is 25.0 Å². The first-order valence-corrected chi connectivity index (χ1v) is 12.6. The molecule has 3 rings (SSSR count). The molecular weight excluding hydrogens is 478 g/mol. The lowest BCUT2D eigenvalue weighted by Gasteiger charge is -2.45. The van der Waals surface area contributed by atoms with E-state index in [4.69, 9.17) is 18.4 Å². The lowest BCUT2D eigenvalue weighted by molar-refractivity contribution is -0.162. The Kier molecular flexibility index (Phi) is 8.13. The van der Waals surface area contributed by atoms with E-state index in [2.05, 4.69) is 13.2 Å². The minimum atomic E-state index is -3.59. The molecule has 1 fully saturated rings. The molecule has 0 aliphatic carbocycles. The van der Waals surface area contributed by atoms with Gasteiger partial charge in [0.05, 0.1) is 24.8 Å². The average Bonchev–Trinajstić information content (AvgIpc) is 3.14. The minimum Gasteiger partial charge on any atom is -0.457 e. The molecule has 0 N–H and O–H groups in total. The molecule has 3 atom stereocenters. The Morgan fingerprint density at radius 2 is 1.77 bits per heavy atom. The van der Waals surface area contributed by atoms with Crippen LogP contribution >= 0.6 is 0 Å². The molecule has 1 aromatic rings. The van der Waals surface area contributed by atoms with Crippen LogP contribution in [0.25, 0.3) is 5.57 Å². The number of ether oxygens (including phenoxy) is 3. The molecule has 1 amide bonds. The van der Waals surface area contributed by atoms with E-state index in [0.29, 0.717) is 23.1 Å². The Bertz CT molecular complexity index is 1150. The van der Waals surface area contributed by atoms with Crippen molar-refractivity contribution in [3.8, 4) is 0 Å². The quantitative estimate of drug-likeness (QED) is 0.193. The zero-order valence-electron chi connectivity index (χ0n) is 19.5. The maximum absolute atomic E-state index is 13.0. The van der Waals surface area contributed by atoms with Crippen LogP contribution in [0.5, 0.6) is 0 Å². The Hall–Kier alpha value is -3.44. The predicted molar refractivity (Wildman–Crippen MR) is 125 cm³/mol. The highest BCUT2D eigenvalue weighted by Gasteiger charge is 2.58. The summed E-state index contributed by atoms with van der Waals surface area (Å²) in [7, 11) is -3.59. The third-order valence-electron chi connectivity index (χ3n) is 5.58. The minimum absolute atomic E-state index is 0.0179. The van der Waals surface area contributed by atoms with Crippen molar-refractivity contribution in [2.75, 3.05) is 19.5 Å². The van der Waals surface area contributed by atoms with E-state index in [1.807, 2.05) is 0 Å². The van der Waals surface area contributed by atoms with E-state index in [1.165, 1.54) is 17.1 Å². The molecule has 0 bridgehead atoms. The molecule has 0 aromatic heterocycles. The monoisotopic (exact) mass is 505 g/mol. The van der Waals surface area contributed by atoms with Gasteiger partial charge < -0.3 is 19.1 Å². The number of amides is 1. The van der Waals surface area contributed by atoms with Crippen LogP contribution in [-0.2, 0) is 44.7 Å². The van der Waals surface area contributed by atoms with Crippen LogP contribution < -0.4 is 0 Å². The smallest absolute Gasteiger partial charge is 0.457 e. The van der Waals surface area contributed by atoms with E-state index in [1.54, 1.807) is 31.2 Å². The topological polar surface area (TPSA) is 126 Å². The SMILES string of the molecule is C=CCOC(=O)O[C@H](C)[C@H]1C(=O)N2C(C(=O)OCC=C)=C(c3ccc(COS(C)(=O)=O)cc3)C[C@H]12. The number of esters is 1. The lowest BCUT2D eigenvalue weighted by Crippen LogP contribution is -2.62. The van der Waals surface area contributed by atoms with Gasteiger partial charge in [0.25, 0.3) is 10.1 Å². The van der Waals surface area contributed by atoms with E-state index in [9.17, 15) is 22.8 Å². The molecule has 0 unspecified atom stereocenters. The van der Waals surface area contributed by atoms with Crippen molar-refractivity contribution in [3.05, 3.63) is 66.4 Å². The number of fused-ring (bicyclic) bond motifs is 1. The van der Waals surface area contributed by atoms with Gasteiger partial charge >= 0.3 is 12.1 Å². The lowest BCUT2D eigenvalue weighted by atomic mass is 9.82. The number of hydrogen-bond acceptors (Lipinski definition) is 9. The Morgan fingerprint density at radius 3 is 2.37 bits per heavy atom. The highest BCUT2D eigenvalue weighted by atomic mass is 32.2. The summed E-state index contributed by atoms with van der Waals surface area (Å²) < 4.78 is 42.6. The highest BCUT2D eigenvalue weighted by Crippen LogP contribution is 2.47. The Balaban J connectivity index is 1.83. The number of nitrogens with zero attached hydrogens (tertiary/aromatic N) is 1. The predicted octanol–water partition coefficient (Wildman–Crippen LogP) is 2.56. The van der Waals surface area contributed by atoms with Crippen molar-refractivity contribution in [2.45, 2.75) is 32.1 Å². The van der Waals surface area contributed by atoms with Crippen molar-refractivity contribution in [3.63, 3.8) is 0 Å². The highest BCUT2D eigenvalue weighted by molar-refractivity contribution is 7.85. The van der Waals surface area contributed by atoms with Gasteiger partial charge in [0.15, 0.2) is 0 Å². The van der Waals surface area contributed by atoms with Crippen molar-refractivity contribution in [2.24, 2.45) is 5.92 Å². The summed E-state index contributed by atoms with van der Waals surface area (Å²) in [6.45, 7) is 8.42. The van der Waals surface area contributed by atoms with E-state index in [-0.39, 0.29) is 31.4 Å². The fourth-order valence-corrected chi connectivity index (χ4v) is 4.42. The first-order valence-electron chi connectivity index (χ1n) is 10.8. The molecule has 0 spiro atoms. The summed E-state index contributed by atoms with van der Waals surface area (Å²) in [6, 6.07) is 6.39. The molecule has 1 saturated heterocycles. The van der Waals surface area contributed by atoms with Gasteiger partial charge in [-0.3, -0.25) is 8.98 Å². The zero-order chi connectivity index (χ0) is 25.8. The summed E-state index contributed by atoms with van der Waals surface area (Å²) in [5.74, 6) is -1.69.